The Labute approximate surface area is 119 Å². The second-order valence-electron chi connectivity index (χ2n) is 4.11. The first-order valence-electron chi connectivity index (χ1n) is 5.99. The quantitative estimate of drug-likeness (QED) is 0.636. The lowest BCUT2D eigenvalue weighted by atomic mass is 10.2. The van der Waals surface area contributed by atoms with E-state index in [1.165, 1.54) is 11.8 Å². The molecule has 0 radical (unpaired) electrons. The first-order valence-corrected chi connectivity index (χ1v) is 6.97. The van der Waals surface area contributed by atoms with E-state index in [1.807, 2.05) is 11.5 Å². The average Bonchev–Trinajstić information content (AvgIpc) is 2.82. The standard InChI is InChI=1S/C12H14N4O3S/c1-3-16-6-13-4-8(16)5-20-10-9(11(17)18)7(2)14-12(19)15-10/h4,6H,3,5H2,1-2H3,(H,17,18)(H,14,15,19). The van der Waals surface area contributed by atoms with Gasteiger partial charge in [-0.3, -0.25) is 0 Å². The molecule has 106 valence electrons. The van der Waals surface area contributed by atoms with E-state index in [0.717, 1.165) is 12.2 Å². The van der Waals surface area contributed by atoms with E-state index < -0.39 is 11.7 Å². The van der Waals surface area contributed by atoms with Crippen molar-refractivity contribution in [3.05, 3.63) is 40.0 Å². The summed E-state index contributed by atoms with van der Waals surface area (Å²) < 4.78 is 1.95. The molecular formula is C12H14N4O3S. The third-order valence-electron chi connectivity index (χ3n) is 2.80. The Bertz CT molecular complexity index is 692. The van der Waals surface area contributed by atoms with Crippen molar-refractivity contribution in [1.29, 1.82) is 0 Å². The zero-order chi connectivity index (χ0) is 14.7. The fraction of sp³-hybridized carbons (Fsp3) is 0.333. The summed E-state index contributed by atoms with van der Waals surface area (Å²) in [6.07, 6.45) is 3.43. The summed E-state index contributed by atoms with van der Waals surface area (Å²) in [5.41, 5.74) is 0.758. The molecule has 0 atom stereocenters. The van der Waals surface area contributed by atoms with E-state index in [9.17, 15) is 14.7 Å². The summed E-state index contributed by atoms with van der Waals surface area (Å²) in [7, 11) is 0. The monoisotopic (exact) mass is 294 g/mol. The van der Waals surface area contributed by atoms with Crippen LogP contribution in [0.15, 0.2) is 22.3 Å². The summed E-state index contributed by atoms with van der Waals surface area (Å²) in [6, 6.07) is 0. The van der Waals surface area contributed by atoms with Crippen molar-refractivity contribution >= 4 is 17.7 Å². The van der Waals surface area contributed by atoms with Gasteiger partial charge in [0.25, 0.3) is 0 Å². The molecule has 0 aromatic carbocycles. The number of aromatic carboxylic acids is 1. The minimum absolute atomic E-state index is 0.0390. The number of aromatic nitrogens is 4. The lowest BCUT2D eigenvalue weighted by Crippen LogP contribution is -2.18. The van der Waals surface area contributed by atoms with E-state index in [0.29, 0.717) is 11.4 Å². The predicted molar refractivity (Wildman–Crippen MR) is 74.0 cm³/mol. The zero-order valence-electron chi connectivity index (χ0n) is 11.1. The fourth-order valence-electron chi connectivity index (χ4n) is 1.81. The van der Waals surface area contributed by atoms with Gasteiger partial charge in [-0.15, -0.1) is 0 Å². The Morgan fingerprint density at radius 3 is 2.95 bits per heavy atom. The minimum Gasteiger partial charge on any atom is -0.478 e. The van der Waals surface area contributed by atoms with Gasteiger partial charge in [-0.05, 0) is 13.8 Å². The molecule has 2 N–H and O–H groups in total. The highest BCUT2D eigenvalue weighted by molar-refractivity contribution is 7.98. The molecule has 8 heteroatoms. The molecule has 2 heterocycles. The number of carboxylic acids is 1. The third-order valence-corrected chi connectivity index (χ3v) is 3.81. The molecule has 20 heavy (non-hydrogen) atoms. The summed E-state index contributed by atoms with van der Waals surface area (Å²) in [5, 5.41) is 9.43. The molecule has 0 bridgehead atoms. The van der Waals surface area contributed by atoms with Crippen molar-refractivity contribution in [1.82, 2.24) is 19.5 Å². The second-order valence-corrected chi connectivity index (χ2v) is 5.08. The number of hydrogen-bond donors (Lipinski definition) is 2. The molecule has 0 spiro atoms. The fourth-order valence-corrected chi connectivity index (χ4v) is 2.87. The van der Waals surface area contributed by atoms with Crippen LogP contribution in [0.3, 0.4) is 0 Å². The van der Waals surface area contributed by atoms with Crippen LogP contribution in [-0.4, -0.2) is 30.6 Å². The molecule has 2 aromatic heterocycles. The largest absolute Gasteiger partial charge is 0.478 e. The number of H-pyrrole nitrogens is 1. The van der Waals surface area contributed by atoms with Crippen LogP contribution < -0.4 is 5.69 Å². The van der Waals surface area contributed by atoms with Crippen molar-refractivity contribution in [3.63, 3.8) is 0 Å². The van der Waals surface area contributed by atoms with Crippen molar-refractivity contribution < 1.29 is 9.90 Å². The summed E-state index contributed by atoms with van der Waals surface area (Å²) in [4.78, 5) is 32.8. The normalized spacial score (nSPS) is 10.7. The van der Waals surface area contributed by atoms with Crippen LogP contribution in [0.25, 0.3) is 0 Å². The smallest absolute Gasteiger partial charge is 0.346 e. The summed E-state index contributed by atoms with van der Waals surface area (Å²) in [6.45, 7) is 4.32. The highest BCUT2D eigenvalue weighted by Gasteiger charge is 2.17. The number of nitrogens with zero attached hydrogens (tertiary/aromatic N) is 3. The van der Waals surface area contributed by atoms with Crippen molar-refractivity contribution in [3.8, 4) is 0 Å². The first kappa shape index (κ1) is 14.3. The Balaban J connectivity index is 2.29. The number of rotatable bonds is 5. The minimum atomic E-state index is -1.10. The molecule has 0 fully saturated rings. The van der Waals surface area contributed by atoms with Gasteiger partial charge in [0.2, 0.25) is 0 Å². The number of thioether (sulfide) groups is 1. The molecule has 7 nitrogen and oxygen atoms in total. The molecule has 0 aliphatic rings. The third kappa shape index (κ3) is 2.90. The van der Waals surface area contributed by atoms with E-state index in [-0.39, 0.29) is 10.6 Å². The van der Waals surface area contributed by atoms with Gasteiger partial charge in [0.1, 0.15) is 10.6 Å². The van der Waals surface area contributed by atoms with Gasteiger partial charge in [0, 0.05) is 29.9 Å². The van der Waals surface area contributed by atoms with Crippen molar-refractivity contribution in [2.45, 2.75) is 31.2 Å². The predicted octanol–water partition coefficient (Wildman–Crippen LogP) is 1.29. The van der Waals surface area contributed by atoms with Crippen LogP contribution in [0, 0.1) is 6.92 Å². The Morgan fingerprint density at radius 2 is 2.30 bits per heavy atom. The molecular weight excluding hydrogens is 280 g/mol. The van der Waals surface area contributed by atoms with Crippen molar-refractivity contribution in [2.24, 2.45) is 0 Å². The molecule has 0 saturated heterocycles. The number of carbonyl (C=O) groups is 1. The molecule has 0 aliphatic carbocycles. The van der Waals surface area contributed by atoms with Crippen molar-refractivity contribution in [2.75, 3.05) is 0 Å². The van der Waals surface area contributed by atoms with Crippen LogP contribution in [-0.2, 0) is 12.3 Å². The van der Waals surface area contributed by atoms with Gasteiger partial charge in [0.05, 0.1) is 6.33 Å². The van der Waals surface area contributed by atoms with Crippen LogP contribution in [0.1, 0.15) is 28.7 Å². The maximum atomic E-state index is 11.4. The summed E-state index contributed by atoms with van der Waals surface area (Å²) in [5.74, 6) is -0.595. The van der Waals surface area contributed by atoms with E-state index >= 15 is 0 Å². The number of aryl methyl sites for hydroxylation is 2. The molecule has 0 aliphatic heterocycles. The lowest BCUT2D eigenvalue weighted by molar-refractivity contribution is 0.0690. The van der Waals surface area contributed by atoms with Crippen LogP contribution >= 0.6 is 11.8 Å². The van der Waals surface area contributed by atoms with E-state index in [4.69, 9.17) is 0 Å². The molecule has 2 aromatic rings. The number of carboxylic acid groups (broad SMARTS) is 1. The SMILES string of the molecule is CCn1cncc1CSc1nc(=O)[nH]c(C)c1C(=O)O. The van der Waals surface area contributed by atoms with Gasteiger partial charge < -0.3 is 14.7 Å². The molecule has 0 unspecified atom stereocenters. The molecule has 2 rings (SSSR count). The van der Waals surface area contributed by atoms with Gasteiger partial charge in [-0.25, -0.2) is 14.6 Å². The van der Waals surface area contributed by atoms with Crippen LogP contribution in [0.2, 0.25) is 0 Å². The van der Waals surface area contributed by atoms with Gasteiger partial charge in [-0.2, -0.15) is 4.98 Å². The first-order chi connectivity index (χ1) is 9.52. The average molecular weight is 294 g/mol. The Hall–Kier alpha value is -2.09. The topological polar surface area (TPSA) is 101 Å². The van der Waals surface area contributed by atoms with E-state index in [2.05, 4.69) is 15.0 Å². The number of imidazole rings is 1. The number of hydrogen-bond acceptors (Lipinski definition) is 5. The Morgan fingerprint density at radius 1 is 1.55 bits per heavy atom. The molecule has 0 amide bonds. The zero-order valence-corrected chi connectivity index (χ0v) is 11.9. The highest BCUT2D eigenvalue weighted by atomic mass is 32.2. The maximum Gasteiger partial charge on any atom is 0.346 e. The lowest BCUT2D eigenvalue weighted by Gasteiger charge is -2.08. The number of nitrogens with one attached hydrogen (secondary N) is 1. The van der Waals surface area contributed by atoms with Gasteiger partial charge in [0.15, 0.2) is 0 Å². The van der Waals surface area contributed by atoms with Crippen LogP contribution in [0.4, 0.5) is 0 Å². The van der Waals surface area contributed by atoms with Gasteiger partial charge in [-0.1, -0.05) is 11.8 Å². The van der Waals surface area contributed by atoms with Gasteiger partial charge >= 0.3 is 11.7 Å². The maximum absolute atomic E-state index is 11.4. The van der Waals surface area contributed by atoms with E-state index in [1.54, 1.807) is 19.4 Å². The van der Waals surface area contributed by atoms with Crippen LogP contribution in [0.5, 0.6) is 0 Å². The molecule has 0 saturated carbocycles. The Kier molecular flexibility index (Phi) is 4.23. The second kappa shape index (κ2) is 5.91. The summed E-state index contributed by atoms with van der Waals surface area (Å²) >= 11 is 1.22. The number of aromatic amines is 1. The highest BCUT2D eigenvalue weighted by Crippen LogP contribution is 2.24.